The molecule has 8 heteroatoms. The van der Waals surface area contributed by atoms with E-state index in [1.165, 1.54) is 11.8 Å². The molecule has 1 aromatic heterocycles. The SMILES string of the molecule is Cl.Cl.NCc1cc(C(=O)N2CCCN(Cc3ccc(Cl)cc3)CC2)co1. The first kappa shape index (κ1) is 22.8. The number of carbonyl (C=O) groups is 1. The number of furan rings is 1. The minimum atomic E-state index is 0. The van der Waals surface area contributed by atoms with Crippen molar-refractivity contribution < 1.29 is 9.21 Å². The number of benzene rings is 1. The fourth-order valence-electron chi connectivity index (χ4n) is 2.96. The number of nitrogens with two attached hydrogens (primary N) is 1. The van der Waals surface area contributed by atoms with Crippen molar-refractivity contribution in [2.75, 3.05) is 26.2 Å². The fraction of sp³-hybridized carbons (Fsp3) is 0.389. The standard InChI is InChI=1S/C18H22ClN3O2.2ClH/c19-16-4-2-14(3-5-16)12-21-6-1-7-22(9-8-21)18(23)15-10-17(11-20)24-13-15;;/h2-5,10,13H,1,6-9,11-12,20H2;2*1H. The Hall–Kier alpha value is -1.24. The van der Waals surface area contributed by atoms with E-state index in [1.54, 1.807) is 6.07 Å². The highest BCUT2D eigenvalue weighted by Crippen LogP contribution is 2.15. The maximum Gasteiger partial charge on any atom is 0.257 e. The van der Waals surface area contributed by atoms with Gasteiger partial charge in [-0.05, 0) is 30.2 Å². The molecule has 0 atom stereocenters. The van der Waals surface area contributed by atoms with Gasteiger partial charge < -0.3 is 15.1 Å². The third-order valence-electron chi connectivity index (χ3n) is 4.30. The highest BCUT2D eigenvalue weighted by atomic mass is 35.5. The van der Waals surface area contributed by atoms with Gasteiger partial charge in [-0.25, -0.2) is 0 Å². The van der Waals surface area contributed by atoms with Crippen LogP contribution in [0.3, 0.4) is 0 Å². The second-order valence-electron chi connectivity index (χ2n) is 6.05. The van der Waals surface area contributed by atoms with Gasteiger partial charge in [-0.1, -0.05) is 23.7 Å². The Labute approximate surface area is 171 Å². The Morgan fingerprint density at radius 1 is 1.12 bits per heavy atom. The Kier molecular flexibility index (Phi) is 9.47. The average Bonchev–Trinajstić information content (AvgIpc) is 2.96. The van der Waals surface area contributed by atoms with Crippen molar-refractivity contribution in [1.82, 2.24) is 9.80 Å². The number of amides is 1. The van der Waals surface area contributed by atoms with Crippen molar-refractivity contribution in [2.24, 2.45) is 5.73 Å². The zero-order chi connectivity index (χ0) is 16.9. The third-order valence-corrected chi connectivity index (χ3v) is 4.55. The molecule has 2 heterocycles. The van der Waals surface area contributed by atoms with Gasteiger partial charge in [-0.15, -0.1) is 24.8 Å². The Balaban J connectivity index is 0.00000169. The van der Waals surface area contributed by atoms with Crippen LogP contribution in [0.25, 0.3) is 0 Å². The molecule has 0 unspecified atom stereocenters. The second-order valence-corrected chi connectivity index (χ2v) is 6.49. The van der Waals surface area contributed by atoms with E-state index in [0.29, 0.717) is 17.9 Å². The van der Waals surface area contributed by atoms with Gasteiger partial charge in [-0.3, -0.25) is 9.69 Å². The van der Waals surface area contributed by atoms with E-state index in [2.05, 4.69) is 17.0 Å². The largest absolute Gasteiger partial charge is 0.467 e. The lowest BCUT2D eigenvalue weighted by molar-refractivity contribution is 0.0760. The minimum absolute atomic E-state index is 0. The lowest BCUT2D eigenvalue weighted by Crippen LogP contribution is -2.34. The van der Waals surface area contributed by atoms with Crippen LogP contribution < -0.4 is 5.73 Å². The van der Waals surface area contributed by atoms with Gasteiger partial charge in [0.15, 0.2) is 0 Å². The zero-order valence-electron chi connectivity index (χ0n) is 14.4. The van der Waals surface area contributed by atoms with Crippen LogP contribution >= 0.6 is 36.4 Å². The molecule has 5 nitrogen and oxygen atoms in total. The van der Waals surface area contributed by atoms with Gasteiger partial charge >= 0.3 is 0 Å². The highest BCUT2D eigenvalue weighted by molar-refractivity contribution is 6.30. The summed E-state index contributed by atoms with van der Waals surface area (Å²) in [5.41, 5.74) is 7.36. The summed E-state index contributed by atoms with van der Waals surface area (Å²) in [7, 11) is 0. The average molecular weight is 421 g/mol. The van der Waals surface area contributed by atoms with Gasteiger partial charge in [0.05, 0.1) is 12.1 Å². The molecule has 26 heavy (non-hydrogen) atoms. The zero-order valence-corrected chi connectivity index (χ0v) is 16.8. The predicted molar refractivity (Wildman–Crippen MR) is 108 cm³/mol. The molecule has 1 fully saturated rings. The van der Waals surface area contributed by atoms with Gasteiger partial charge in [0.2, 0.25) is 0 Å². The maximum atomic E-state index is 12.6. The summed E-state index contributed by atoms with van der Waals surface area (Å²) >= 11 is 5.93. The van der Waals surface area contributed by atoms with E-state index in [9.17, 15) is 4.79 Å². The van der Waals surface area contributed by atoms with Crippen molar-refractivity contribution in [2.45, 2.75) is 19.5 Å². The molecular weight excluding hydrogens is 397 g/mol. The van der Waals surface area contributed by atoms with E-state index < -0.39 is 0 Å². The molecule has 0 spiro atoms. The van der Waals surface area contributed by atoms with Crippen LogP contribution in [0.1, 0.15) is 28.1 Å². The third kappa shape index (κ3) is 5.89. The molecule has 2 aromatic rings. The molecule has 1 aliphatic heterocycles. The lowest BCUT2D eigenvalue weighted by atomic mass is 10.2. The van der Waals surface area contributed by atoms with E-state index in [1.807, 2.05) is 17.0 Å². The first-order valence-corrected chi connectivity index (χ1v) is 8.57. The smallest absolute Gasteiger partial charge is 0.257 e. The molecule has 0 aliphatic carbocycles. The summed E-state index contributed by atoms with van der Waals surface area (Å²) in [5, 5.41) is 0.753. The van der Waals surface area contributed by atoms with Crippen molar-refractivity contribution in [3.05, 3.63) is 58.5 Å². The van der Waals surface area contributed by atoms with Crippen LogP contribution in [0.2, 0.25) is 5.02 Å². The van der Waals surface area contributed by atoms with Gasteiger partial charge in [-0.2, -0.15) is 0 Å². The molecule has 1 amide bonds. The molecule has 144 valence electrons. The van der Waals surface area contributed by atoms with E-state index in [4.69, 9.17) is 21.8 Å². The molecule has 1 aromatic carbocycles. The number of nitrogens with zero attached hydrogens (tertiary/aromatic N) is 2. The summed E-state index contributed by atoms with van der Waals surface area (Å²) < 4.78 is 5.27. The Bertz CT molecular complexity index is 691. The molecule has 1 saturated heterocycles. The lowest BCUT2D eigenvalue weighted by Gasteiger charge is -2.21. The monoisotopic (exact) mass is 419 g/mol. The van der Waals surface area contributed by atoms with Crippen LogP contribution in [-0.2, 0) is 13.1 Å². The van der Waals surface area contributed by atoms with Crippen LogP contribution in [-0.4, -0.2) is 41.9 Å². The van der Waals surface area contributed by atoms with Crippen molar-refractivity contribution in [3.63, 3.8) is 0 Å². The van der Waals surface area contributed by atoms with Gasteiger partial charge in [0, 0.05) is 37.7 Å². The first-order valence-electron chi connectivity index (χ1n) is 8.19. The van der Waals surface area contributed by atoms with Crippen LogP contribution in [0.15, 0.2) is 41.0 Å². The highest BCUT2D eigenvalue weighted by Gasteiger charge is 2.21. The number of rotatable bonds is 4. The van der Waals surface area contributed by atoms with Crippen molar-refractivity contribution in [3.8, 4) is 0 Å². The predicted octanol–water partition coefficient (Wildman–Crippen LogP) is 3.58. The Morgan fingerprint density at radius 2 is 1.85 bits per heavy atom. The molecule has 2 N–H and O–H groups in total. The van der Waals surface area contributed by atoms with Crippen molar-refractivity contribution in [1.29, 1.82) is 0 Å². The summed E-state index contributed by atoms with van der Waals surface area (Å²) in [6.45, 7) is 4.50. The van der Waals surface area contributed by atoms with E-state index in [0.717, 1.165) is 44.2 Å². The van der Waals surface area contributed by atoms with Crippen LogP contribution in [0.5, 0.6) is 0 Å². The maximum absolute atomic E-state index is 12.6. The molecule has 3 rings (SSSR count). The summed E-state index contributed by atoms with van der Waals surface area (Å²) in [5.74, 6) is 0.657. The van der Waals surface area contributed by atoms with Crippen molar-refractivity contribution >= 4 is 42.3 Å². The van der Waals surface area contributed by atoms with Gasteiger partial charge in [0.25, 0.3) is 5.91 Å². The molecule has 1 aliphatic rings. The number of hydrogen-bond acceptors (Lipinski definition) is 4. The molecular formula is C18H24Cl3N3O2. The molecule has 0 saturated carbocycles. The summed E-state index contributed by atoms with van der Waals surface area (Å²) in [6.07, 6.45) is 2.46. The quantitative estimate of drug-likeness (QED) is 0.821. The van der Waals surface area contributed by atoms with Crippen LogP contribution in [0.4, 0.5) is 0 Å². The number of halogens is 3. The van der Waals surface area contributed by atoms with Crippen LogP contribution in [0, 0.1) is 0 Å². The summed E-state index contributed by atoms with van der Waals surface area (Å²) in [6, 6.07) is 9.67. The van der Waals surface area contributed by atoms with Gasteiger partial charge in [0.1, 0.15) is 12.0 Å². The Morgan fingerprint density at radius 3 is 2.50 bits per heavy atom. The normalized spacial score (nSPS) is 14.9. The fourth-order valence-corrected chi connectivity index (χ4v) is 3.09. The minimum Gasteiger partial charge on any atom is -0.467 e. The topological polar surface area (TPSA) is 62.7 Å². The molecule has 0 radical (unpaired) electrons. The second kappa shape index (κ2) is 10.8. The number of carbonyl (C=O) groups excluding carboxylic acids is 1. The number of hydrogen-bond donors (Lipinski definition) is 1. The first-order chi connectivity index (χ1) is 11.7. The van der Waals surface area contributed by atoms with E-state index in [-0.39, 0.29) is 30.7 Å². The summed E-state index contributed by atoms with van der Waals surface area (Å²) in [4.78, 5) is 16.8. The van der Waals surface area contributed by atoms with E-state index >= 15 is 0 Å². The molecule has 0 bridgehead atoms.